The van der Waals surface area contributed by atoms with E-state index in [0.717, 1.165) is 13.0 Å². The molecule has 0 spiro atoms. The van der Waals surface area contributed by atoms with Crippen molar-refractivity contribution in [1.29, 1.82) is 0 Å². The first-order chi connectivity index (χ1) is 7.27. The number of nitrogens with two attached hydrogens (primary N) is 1. The number of aromatic nitrogens is 3. The van der Waals surface area contributed by atoms with Crippen molar-refractivity contribution in [3.8, 4) is 0 Å². The number of nitrogens with one attached hydrogen (secondary N) is 1. The van der Waals surface area contributed by atoms with Gasteiger partial charge in [-0.1, -0.05) is 6.42 Å². The van der Waals surface area contributed by atoms with Gasteiger partial charge in [0, 0.05) is 0 Å². The highest BCUT2D eigenvalue weighted by Crippen LogP contribution is 2.15. The van der Waals surface area contributed by atoms with Crippen molar-refractivity contribution in [1.82, 2.24) is 20.1 Å². The van der Waals surface area contributed by atoms with Gasteiger partial charge in [-0.15, -0.1) is 5.10 Å². The van der Waals surface area contributed by atoms with Crippen LogP contribution >= 0.6 is 0 Å². The fourth-order valence-corrected chi connectivity index (χ4v) is 1.77. The predicted molar refractivity (Wildman–Crippen MR) is 54.0 cm³/mol. The highest BCUT2D eigenvalue weighted by molar-refractivity contribution is 5.88. The van der Waals surface area contributed by atoms with Crippen LogP contribution in [-0.2, 0) is 0 Å². The molecule has 1 aliphatic heterocycles. The number of rotatable bonds is 2. The average molecular weight is 209 g/mol. The Labute approximate surface area is 87.9 Å². The third-order valence-electron chi connectivity index (χ3n) is 2.58. The molecule has 0 saturated carbocycles. The molecule has 1 aromatic rings. The summed E-state index contributed by atoms with van der Waals surface area (Å²) in [6.45, 7) is 0.983. The molecule has 1 amide bonds. The summed E-state index contributed by atoms with van der Waals surface area (Å²) < 4.78 is 1.69. The molecule has 0 bridgehead atoms. The largest absolute Gasteiger partial charge is 0.363 e. The zero-order valence-electron chi connectivity index (χ0n) is 8.52. The number of amides is 1. The second-order valence-electron chi connectivity index (χ2n) is 3.73. The van der Waals surface area contributed by atoms with E-state index in [0.29, 0.717) is 0 Å². The van der Waals surface area contributed by atoms with Crippen molar-refractivity contribution in [2.75, 3.05) is 6.54 Å². The molecule has 6 nitrogen and oxygen atoms in total. The molecule has 2 rings (SSSR count). The van der Waals surface area contributed by atoms with Crippen LogP contribution < -0.4 is 11.1 Å². The van der Waals surface area contributed by atoms with Gasteiger partial charge in [0.15, 0.2) is 0 Å². The van der Waals surface area contributed by atoms with Crippen LogP contribution in [0, 0.1) is 0 Å². The first-order valence-corrected chi connectivity index (χ1v) is 5.22. The third kappa shape index (κ3) is 2.33. The lowest BCUT2D eigenvalue weighted by atomic mass is 10.2. The molecule has 0 radical (unpaired) electrons. The summed E-state index contributed by atoms with van der Waals surface area (Å²) in [6, 6.07) is 0. The minimum Gasteiger partial charge on any atom is -0.363 e. The van der Waals surface area contributed by atoms with Gasteiger partial charge in [-0.25, -0.2) is 9.67 Å². The molecule has 2 heterocycles. The Balaban J connectivity index is 2.10. The molecule has 1 fully saturated rings. The molecule has 3 N–H and O–H groups in total. The number of carbonyl (C=O) groups is 1. The molecule has 1 aromatic heterocycles. The SMILES string of the molecule is NC(=O)c1ncn(C2CCCCCN2)n1. The van der Waals surface area contributed by atoms with E-state index in [1.807, 2.05) is 0 Å². The van der Waals surface area contributed by atoms with E-state index >= 15 is 0 Å². The van der Waals surface area contributed by atoms with Crippen molar-refractivity contribution in [2.45, 2.75) is 31.8 Å². The minimum absolute atomic E-state index is 0.0843. The van der Waals surface area contributed by atoms with Crippen molar-refractivity contribution in [3.05, 3.63) is 12.2 Å². The second kappa shape index (κ2) is 4.39. The highest BCUT2D eigenvalue weighted by atomic mass is 16.1. The van der Waals surface area contributed by atoms with Crippen molar-refractivity contribution in [2.24, 2.45) is 5.73 Å². The van der Waals surface area contributed by atoms with Crippen LogP contribution in [0.25, 0.3) is 0 Å². The first kappa shape index (κ1) is 10.1. The summed E-state index contributed by atoms with van der Waals surface area (Å²) in [5, 5.41) is 7.40. The Hall–Kier alpha value is -1.43. The van der Waals surface area contributed by atoms with E-state index in [4.69, 9.17) is 5.73 Å². The quantitative estimate of drug-likeness (QED) is 0.720. The highest BCUT2D eigenvalue weighted by Gasteiger charge is 2.16. The van der Waals surface area contributed by atoms with Gasteiger partial charge in [0.25, 0.3) is 5.91 Å². The van der Waals surface area contributed by atoms with Crippen molar-refractivity contribution < 1.29 is 4.79 Å². The number of primary amides is 1. The zero-order valence-corrected chi connectivity index (χ0v) is 8.52. The van der Waals surface area contributed by atoms with E-state index in [9.17, 15) is 4.79 Å². The van der Waals surface area contributed by atoms with Crippen molar-refractivity contribution in [3.63, 3.8) is 0 Å². The lowest BCUT2D eigenvalue weighted by Crippen LogP contribution is -2.26. The molecule has 1 saturated heterocycles. The van der Waals surface area contributed by atoms with Crippen LogP contribution in [0.5, 0.6) is 0 Å². The minimum atomic E-state index is -0.581. The lowest BCUT2D eigenvalue weighted by molar-refractivity contribution is 0.0989. The smallest absolute Gasteiger partial charge is 0.288 e. The molecule has 0 aliphatic carbocycles. The second-order valence-corrected chi connectivity index (χ2v) is 3.73. The van der Waals surface area contributed by atoms with E-state index in [-0.39, 0.29) is 12.0 Å². The summed E-state index contributed by atoms with van der Waals surface area (Å²) in [4.78, 5) is 14.7. The number of carbonyl (C=O) groups excluding carboxylic acids is 1. The molecular weight excluding hydrogens is 194 g/mol. The maximum atomic E-state index is 10.8. The molecule has 0 aromatic carbocycles. The lowest BCUT2D eigenvalue weighted by Gasteiger charge is -2.14. The van der Waals surface area contributed by atoms with Crippen LogP contribution in [0.15, 0.2) is 6.33 Å². The van der Waals surface area contributed by atoms with Gasteiger partial charge in [-0.3, -0.25) is 10.1 Å². The van der Waals surface area contributed by atoms with Crippen LogP contribution in [0.3, 0.4) is 0 Å². The third-order valence-corrected chi connectivity index (χ3v) is 2.58. The summed E-state index contributed by atoms with van der Waals surface area (Å²) >= 11 is 0. The topological polar surface area (TPSA) is 85.8 Å². The van der Waals surface area contributed by atoms with Crippen molar-refractivity contribution >= 4 is 5.91 Å². The first-order valence-electron chi connectivity index (χ1n) is 5.22. The normalized spacial score (nSPS) is 22.3. The molecule has 1 atom stereocenters. The van der Waals surface area contributed by atoms with Gasteiger partial charge in [-0.05, 0) is 25.8 Å². The maximum Gasteiger partial charge on any atom is 0.288 e. The van der Waals surface area contributed by atoms with Gasteiger partial charge in [0.05, 0.1) is 0 Å². The number of nitrogens with zero attached hydrogens (tertiary/aromatic N) is 3. The Morgan fingerprint density at radius 3 is 3.13 bits per heavy atom. The van der Waals surface area contributed by atoms with E-state index in [1.54, 1.807) is 11.0 Å². The summed E-state index contributed by atoms with van der Waals surface area (Å²) in [5.41, 5.74) is 5.09. The van der Waals surface area contributed by atoms with Gasteiger partial charge in [0.2, 0.25) is 5.82 Å². The molecule has 82 valence electrons. The average Bonchev–Trinajstić information content (AvgIpc) is 2.55. The summed E-state index contributed by atoms with van der Waals surface area (Å²) in [6.07, 6.45) is 6.32. The van der Waals surface area contributed by atoms with Gasteiger partial charge in [0.1, 0.15) is 12.5 Å². The molecule has 1 aliphatic rings. The zero-order chi connectivity index (χ0) is 10.7. The van der Waals surface area contributed by atoms with E-state index < -0.39 is 5.91 Å². The van der Waals surface area contributed by atoms with Crippen LogP contribution in [0.1, 0.15) is 42.5 Å². The van der Waals surface area contributed by atoms with Gasteiger partial charge < -0.3 is 5.73 Å². The van der Waals surface area contributed by atoms with Crippen LogP contribution in [-0.4, -0.2) is 27.2 Å². The molecular formula is C9H15N5O. The van der Waals surface area contributed by atoms with Gasteiger partial charge >= 0.3 is 0 Å². The summed E-state index contributed by atoms with van der Waals surface area (Å²) in [7, 11) is 0. The number of hydrogen-bond donors (Lipinski definition) is 2. The molecule has 6 heteroatoms. The van der Waals surface area contributed by atoms with Crippen LogP contribution in [0.2, 0.25) is 0 Å². The fraction of sp³-hybridized carbons (Fsp3) is 0.667. The van der Waals surface area contributed by atoms with Gasteiger partial charge in [-0.2, -0.15) is 0 Å². The van der Waals surface area contributed by atoms with E-state index in [1.165, 1.54) is 19.3 Å². The maximum absolute atomic E-state index is 10.8. The van der Waals surface area contributed by atoms with E-state index in [2.05, 4.69) is 15.4 Å². The predicted octanol–water partition coefficient (Wildman–Crippen LogP) is 0.0392. The van der Waals surface area contributed by atoms with Crippen LogP contribution in [0.4, 0.5) is 0 Å². The standard InChI is InChI=1S/C9H15N5O/c10-8(15)9-12-6-14(13-9)7-4-2-1-3-5-11-7/h6-7,11H,1-5H2,(H2,10,15). The molecule has 15 heavy (non-hydrogen) atoms. The fourth-order valence-electron chi connectivity index (χ4n) is 1.77. The Kier molecular flexibility index (Phi) is 2.96. The Morgan fingerprint density at radius 1 is 1.53 bits per heavy atom. The Bertz CT molecular complexity index is 340. The Morgan fingerprint density at radius 2 is 2.40 bits per heavy atom. The monoisotopic (exact) mass is 209 g/mol. The molecule has 1 unspecified atom stereocenters. The number of hydrogen-bond acceptors (Lipinski definition) is 4. The summed E-state index contributed by atoms with van der Waals surface area (Å²) in [5.74, 6) is -0.497.